The summed E-state index contributed by atoms with van der Waals surface area (Å²) in [4.78, 5) is 52.4. The van der Waals surface area contributed by atoms with Gasteiger partial charge in [-0.3, -0.25) is 14.6 Å². The number of carbonyl (C=O) groups excluding carboxylic acids is 2. The number of carbonyl (C=O) groups is 2. The maximum absolute atomic E-state index is 13.1. The molecule has 29 heavy (non-hydrogen) atoms. The van der Waals surface area contributed by atoms with E-state index < -0.39 is 0 Å². The van der Waals surface area contributed by atoms with Crippen molar-refractivity contribution in [2.24, 2.45) is 13.0 Å². The summed E-state index contributed by atoms with van der Waals surface area (Å²) in [5.41, 5.74) is 0.921. The average Bonchev–Trinajstić information content (AvgIpc) is 3.18. The van der Waals surface area contributed by atoms with Crippen LogP contribution in [-0.4, -0.2) is 60.3 Å². The third-order valence-corrected chi connectivity index (χ3v) is 5.69. The fourth-order valence-corrected chi connectivity index (χ4v) is 3.98. The second kappa shape index (κ2) is 6.57. The van der Waals surface area contributed by atoms with E-state index in [2.05, 4.69) is 25.3 Å². The Morgan fingerprint density at radius 3 is 2.76 bits per heavy atom. The molecule has 2 amide bonds. The fourth-order valence-electron chi connectivity index (χ4n) is 3.98. The first-order valence-electron chi connectivity index (χ1n) is 9.64. The van der Waals surface area contributed by atoms with E-state index in [1.807, 2.05) is 17.8 Å². The van der Waals surface area contributed by atoms with Gasteiger partial charge in [0.15, 0.2) is 5.65 Å². The van der Waals surface area contributed by atoms with Crippen LogP contribution in [0.1, 0.15) is 34.9 Å². The second-order valence-electron chi connectivity index (χ2n) is 7.80. The van der Waals surface area contributed by atoms with Crippen LogP contribution in [-0.2, 0) is 11.8 Å². The molecule has 5 rings (SSSR count). The molecule has 0 aromatic carbocycles. The number of likely N-dealkylation sites (tertiary alicyclic amines) is 1. The third kappa shape index (κ3) is 3.20. The number of hydrogen-bond acceptors (Lipinski definition) is 5. The van der Waals surface area contributed by atoms with E-state index >= 15 is 0 Å². The van der Waals surface area contributed by atoms with Crippen molar-refractivity contribution in [2.75, 3.05) is 13.1 Å². The molecule has 0 spiro atoms. The quantitative estimate of drug-likeness (QED) is 0.578. The van der Waals surface area contributed by atoms with E-state index in [0.717, 1.165) is 18.7 Å². The van der Waals surface area contributed by atoms with Gasteiger partial charge >= 0.3 is 5.69 Å². The standard InChI is InChI=1S/C19H21N7O3/c1-25-5-4-20-16(25)12-8-26(9-14(12)22-17(27)10-2-3-10)18(28)11-6-13-15(21-7-11)24-19(29)23-13/h4-7,10,12,14H,2-3,8-9H2,1H3,(H,22,27)(H2,21,23,24,29)/t12-,14-/m1/s1. The number of H-pyrrole nitrogens is 2. The van der Waals surface area contributed by atoms with E-state index in [9.17, 15) is 14.4 Å². The summed E-state index contributed by atoms with van der Waals surface area (Å²) in [5, 5.41) is 3.12. The molecule has 1 saturated heterocycles. The highest BCUT2D eigenvalue weighted by molar-refractivity contribution is 5.96. The Morgan fingerprint density at radius 2 is 2.03 bits per heavy atom. The van der Waals surface area contributed by atoms with Crippen molar-refractivity contribution in [1.29, 1.82) is 0 Å². The molecule has 0 radical (unpaired) electrons. The van der Waals surface area contributed by atoms with Gasteiger partial charge in [-0.25, -0.2) is 14.8 Å². The first-order chi connectivity index (χ1) is 14.0. The number of imidazole rings is 2. The molecular formula is C19H21N7O3. The molecule has 1 aliphatic carbocycles. The molecule has 4 heterocycles. The number of nitrogens with zero attached hydrogens (tertiary/aromatic N) is 4. The maximum Gasteiger partial charge on any atom is 0.325 e. The van der Waals surface area contributed by atoms with E-state index in [1.54, 1.807) is 17.2 Å². The molecule has 0 unspecified atom stereocenters. The predicted molar refractivity (Wildman–Crippen MR) is 103 cm³/mol. The largest absolute Gasteiger partial charge is 0.351 e. The lowest BCUT2D eigenvalue weighted by atomic mass is 10.0. The number of nitrogens with one attached hydrogen (secondary N) is 3. The minimum Gasteiger partial charge on any atom is -0.351 e. The lowest BCUT2D eigenvalue weighted by Gasteiger charge is -2.19. The highest BCUT2D eigenvalue weighted by Gasteiger charge is 2.41. The molecule has 1 aliphatic heterocycles. The Morgan fingerprint density at radius 1 is 1.21 bits per heavy atom. The van der Waals surface area contributed by atoms with Crippen molar-refractivity contribution < 1.29 is 9.59 Å². The molecule has 2 atom stereocenters. The van der Waals surface area contributed by atoms with Crippen LogP contribution in [0.5, 0.6) is 0 Å². The van der Waals surface area contributed by atoms with E-state index in [-0.39, 0.29) is 35.4 Å². The van der Waals surface area contributed by atoms with Gasteiger partial charge in [0.05, 0.1) is 23.0 Å². The molecule has 0 bridgehead atoms. The smallest absolute Gasteiger partial charge is 0.325 e. The minimum absolute atomic E-state index is 0.0523. The van der Waals surface area contributed by atoms with Gasteiger partial charge in [-0.15, -0.1) is 0 Å². The second-order valence-corrected chi connectivity index (χ2v) is 7.80. The number of aromatic nitrogens is 5. The lowest BCUT2D eigenvalue weighted by Crippen LogP contribution is -2.41. The number of aryl methyl sites for hydroxylation is 1. The van der Waals surface area contributed by atoms with Gasteiger partial charge in [0.25, 0.3) is 5.91 Å². The summed E-state index contributed by atoms with van der Waals surface area (Å²) >= 11 is 0. The summed E-state index contributed by atoms with van der Waals surface area (Å²) in [6.45, 7) is 0.845. The Hall–Kier alpha value is -3.43. The normalized spacial score (nSPS) is 21.6. The Kier molecular flexibility index (Phi) is 4.00. The van der Waals surface area contributed by atoms with Crippen LogP contribution in [0.3, 0.4) is 0 Å². The minimum atomic E-state index is -0.365. The van der Waals surface area contributed by atoms with Crippen molar-refractivity contribution in [3.05, 3.63) is 46.5 Å². The SMILES string of the molecule is Cn1ccnc1[C@@H]1CN(C(=O)c2cnc3[nH]c(=O)[nH]c3c2)C[C@H]1NC(=O)C1CC1. The van der Waals surface area contributed by atoms with E-state index in [0.29, 0.717) is 29.8 Å². The molecule has 3 N–H and O–H groups in total. The molecule has 10 heteroatoms. The highest BCUT2D eigenvalue weighted by Crippen LogP contribution is 2.32. The third-order valence-electron chi connectivity index (χ3n) is 5.69. The lowest BCUT2D eigenvalue weighted by molar-refractivity contribution is -0.123. The van der Waals surface area contributed by atoms with E-state index in [4.69, 9.17) is 0 Å². The van der Waals surface area contributed by atoms with Gasteiger partial charge in [-0.2, -0.15) is 0 Å². The molecular weight excluding hydrogens is 374 g/mol. The van der Waals surface area contributed by atoms with Crippen LogP contribution in [0.4, 0.5) is 0 Å². The monoisotopic (exact) mass is 395 g/mol. The van der Waals surface area contributed by atoms with Crippen molar-refractivity contribution in [3.8, 4) is 0 Å². The van der Waals surface area contributed by atoms with Gasteiger partial charge in [0.1, 0.15) is 5.82 Å². The molecule has 2 aliphatic rings. The van der Waals surface area contributed by atoms with Crippen LogP contribution in [0.15, 0.2) is 29.5 Å². The molecule has 150 valence electrons. The van der Waals surface area contributed by atoms with Crippen LogP contribution < -0.4 is 11.0 Å². The van der Waals surface area contributed by atoms with Crippen molar-refractivity contribution in [1.82, 2.24) is 34.7 Å². The summed E-state index contributed by atoms with van der Waals surface area (Å²) in [6.07, 6.45) is 6.89. The number of aromatic amines is 2. The molecule has 2 fully saturated rings. The number of pyridine rings is 1. The van der Waals surface area contributed by atoms with Gasteiger partial charge in [0.2, 0.25) is 5.91 Å². The predicted octanol–water partition coefficient (Wildman–Crippen LogP) is 0.119. The number of amides is 2. The number of hydrogen-bond donors (Lipinski definition) is 3. The average molecular weight is 395 g/mol. The first kappa shape index (κ1) is 17.7. The molecule has 10 nitrogen and oxygen atoms in total. The number of rotatable bonds is 4. The first-order valence-corrected chi connectivity index (χ1v) is 9.64. The highest BCUT2D eigenvalue weighted by atomic mass is 16.2. The summed E-state index contributed by atoms with van der Waals surface area (Å²) in [7, 11) is 1.91. The zero-order valence-corrected chi connectivity index (χ0v) is 15.9. The maximum atomic E-state index is 13.1. The van der Waals surface area contributed by atoms with E-state index in [1.165, 1.54) is 6.20 Å². The van der Waals surface area contributed by atoms with Gasteiger partial charge in [-0.05, 0) is 18.9 Å². The zero-order valence-electron chi connectivity index (χ0n) is 15.9. The van der Waals surface area contributed by atoms with Crippen LogP contribution in [0.2, 0.25) is 0 Å². The van der Waals surface area contributed by atoms with Crippen molar-refractivity contribution >= 4 is 23.0 Å². The summed E-state index contributed by atoms with van der Waals surface area (Å²) in [6, 6.07) is 1.42. The fraction of sp³-hybridized carbons (Fsp3) is 0.421. The van der Waals surface area contributed by atoms with Crippen LogP contribution >= 0.6 is 0 Å². The van der Waals surface area contributed by atoms with Crippen molar-refractivity contribution in [2.45, 2.75) is 24.8 Å². The molecule has 3 aromatic rings. The Balaban J connectivity index is 1.41. The van der Waals surface area contributed by atoms with Gasteiger partial charge < -0.3 is 19.8 Å². The topological polar surface area (TPSA) is 129 Å². The molecule has 1 saturated carbocycles. The number of fused-ring (bicyclic) bond motifs is 1. The Bertz CT molecular complexity index is 1160. The van der Waals surface area contributed by atoms with Gasteiger partial charge in [0, 0.05) is 44.6 Å². The van der Waals surface area contributed by atoms with Crippen molar-refractivity contribution in [3.63, 3.8) is 0 Å². The summed E-state index contributed by atoms with van der Waals surface area (Å²) in [5.74, 6) is 0.703. The van der Waals surface area contributed by atoms with Crippen LogP contribution in [0, 0.1) is 5.92 Å². The molecule has 3 aromatic heterocycles. The Labute approximate surface area is 165 Å². The van der Waals surface area contributed by atoms with Gasteiger partial charge in [-0.1, -0.05) is 0 Å². The van der Waals surface area contributed by atoms with Crippen LogP contribution in [0.25, 0.3) is 11.2 Å². The summed E-state index contributed by atoms with van der Waals surface area (Å²) < 4.78 is 1.92. The zero-order chi connectivity index (χ0) is 20.1.